The highest BCUT2D eigenvalue weighted by molar-refractivity contribution is 5.85. The van der Waals surface area contributed by atoms with Gasteiger partial charge in [-0.05, 0) is 61.1 Å². The van der Waals surface area contributed by atoms with Crippen molar-refractivity contribution in [1.29, 1.82) is 0 Å². The van der Waals surface area contributed by atoms with Gasteiger partial charge in [0.2, 0.25) is 0 Å². The second kappa shape index (κ2) is 8.52. The van der Waals surface area contributed by atoms with E-state index in [1.165, 1.54) is 54.6 Å². The Kier molecular flexibility index (Phi) is 5.25. The SMILES string of the molecule is c1ccc(CCN2CC3CCN(CCc4c[nH]c5ccc(-n6cnnc6)cc45)C3C2)cc1. The summed E-state index contributed by atoms with van der Waals surface area (Å²) in [4.78, 5) is 8.89. The van der Waals surface area contributed by atoms with Gasteiger partial charge in [0.15, 0.2) is 0 Å². The molecule has 2 aromatic carbocycles. The van der Waals surface area contributed by atoms with Crippen molar-refractivity contribution in [2.45, 2.75) is 25.3 Å². The average Bonchev–Trinajstić information content (AvgIpc) is 3.61. The monoisotopic (exact) mass is 426 g/mol. The van der Waals surface area contributed by atoms with Gasteiger partial charge in [0.25, 0.3) is 0 Å². The third-order valence-electron chi connectivity index (χ3n) is 7.43. The molecule has 0 amide bonds. The quantitative estimate of drug-likeness (QED) is 0.491. The first kappa shape index (κ1) is 19.7. The van der Waals surface area contributed by atoms with E-state index in [2.05, 4.69) is 79.7 Å². The molecule has 4 aromatic rings. The molecule has 2 atom stereocenters. The summed E-state index contributed by atoms with van der Waals surface area (Å²) in [6.07, 6.45) is 9.28. The van der Waals surface area contributed by atoms with Crippen LogP contribution in [-0.4, -0.2) is 68.3 Å². The Hall–Kier alpha value is -2.96. The van der Waals surface area contributed by atoms with Crippen molar-refractivity contribution in [2.75, 3.05) is 32.7 Å². The van der Waals surface area contributed by atoms with E-state index in [1.807, 2.05) is 4.57 Å². The summed E-state index contributed by atoms with van der Waals surface area (Å²) in [5.74, 6) is 0.842. The number of rotatable bonds is 7. The van der Waals surface area contributed by atoms with Crippen LogP contribution in [0.2, 0.25) is 0 Å². The van der Waals surface area contributed by atoms with Crippen LogP contribution in [0.15, 0.2) is 67.4 Å². The largest absolute Gasteiger partial charge is 0.361 e. The highest BCUT2D eigenvalue weighted by atomic mass is 15.3. The van der Waals surface area contributed by atoms with Gasteiger partial charge in [-0.1, -0.05) is 30.3 Å². The molecule has 6 heteroatoms. The lowest BCUT2D eigenvalue weighted by atomic mass is 10.0. The maximum absolute atomic E-state index is 3.94. The first-order valence-electron chi connectivity index (χ1n) is 11.8. The van der Waals surface area contributed by atoms with Crippen LogP contribution in [0.25, 0.3) is 16.6 Å². The topological polar surface area (TPSA) is 53.0 Å². The number of hydrogen-bond acceptors (Lipinski definition) is 4. The van der Waals surface area contributed by atoms with Crippen molar-refractivity contribution in [3.8, 4) is 5.69 Å². The minimum atomic E-state index is 0.726. The molecule has 6 nitrogen and oxygen atoms in total. The number of aromatic nitrogens is 4. The Morgan fingerprint density at radius 2 is 1.81 bits per heavy atom. The number of nitrogens with one attached hydrogen (secondary N) is 1. The lowest BCUT2D eigenvalue weighted by molar-refractivity contribution is 0.227. The number of likely N-dealkylation sites (tertiary alicyclic amines) is 2. The Labute approximate surface area is 188 Å². The average molecular weight is 427 g/mol. The van der Waals surface area contributed by atoms with Crippen LogP contribution >= 0.6 is 0 Å². The van der Waals surface area contributed by atoms with Gasteiger partial charge < -0.3 is 9.88 Å². The minimum Gasteiger partial charge on any atom is -0.361 e. The molecule has 6 rings (SSSR count). The van der Waals surface area contributed by atoms with E-state index in [-0.39, 0.29) is 0 Å². The van der Waals surface area contributed by atoms with Crippen LogP contribution in [0.4, 0.5) is 0 Å². The molecule has 2 unspecified atom stereocenters. The molecule has 2 saturated heterocycles. The molecule has 4 heterocycles. The molecule has 32 heavy (non-hydrogen) atoms. The fourth-order valence-electron chi connectivity index (χ4n) is 5.66. The summed E-state index contributed by atoms with van der Waals surface area (Å²) < 4.78 is 1.96. The van der Waals surface area contributed by atoms with E-state index in [0.717, 1.165) is 37.0 Å². The zero-order chi connectivity index (χ0) is 21.3. The second-order valence-electron chi connectivity index (χ2n) is 9.31. The van der Waals surface area contributed by atoms with Crippen LogP contribution in [0, 0.1) is 5.92 Å². The van der Waals surface area contributed by atoms with E-state index < -0.39 is 0 Å². The number of H-pyrrole nitrogens is 1. The molecule has 0 spiro atoms. The van der Waals surface area contributed by atoms with Crippen molar-refractivity contribution < 1.29 is 0 Å². The zero-order valence-electron chi connectivity index (χ0n) is 18.4. The molecule has 2 aromatic heterocycles. The molecule has 2 fully saturated rings. The molecule has 0 bridgehead atoms. The summed E-state index contributed by atoms with van der Waals surface area (Å²) in [6.45, 7) is 6.05. The van der Waals surface area contributed by atoms with Crippen molar-refractivity contribution in [1.82, 2.24) is 29.5 Å². The molecule has 1 N–H and O–H groups in total. The predicted octanol–water partition coefficient (Wildman–Crippen LogP) is 3.54. The maximum Gasteiger partial charge on any atom is 0.123 e. The van der Waals surface area contributed by atoms with Gasteiger partial charge in [-0.2, -0.15) is 0 Å². The summed E-state index contributed by atoms with van der Waals surface area (Å²) in [5, 5.41) is 9.19. The van der Waals surface area contributed by atoms with Crippen molar-refractivity contribution in [2.24, 2.45) is 5.92 Å². The molecular formula is C26H30N6. The molecule has 2 aliphatic heterocycles. The predicted molar refractivity (Wildman–Crippen MR) is 127 cm³/mol. The van der Waals surface area contributed by atoms with Gasteiger partial charge in [-0.15, -0.1) is 10.2 Å². The number of aromatic amines is 1. The summed E-state index contributed by atoms with van der Waals surface area (Å²) in [6, 6.07) is 18.1. The third-order valence-corrected chi connectivity index (χ3v) is 7.43. The van der Waals surface area contributed by atoms with Crippen molar-refractivity contribution >= 4 is 10.9 Å². The van der Waals surface area contributed by atoms with Gasteiger partial charge in [-0.25, -0.2) is 0 Å². The third kappa shape index (κ3) is 3.85. The van der Waals surface area contributed by atoms with Gasteiger partial charge in [0.05, 0.1) is 0 Å². The lowest BCUT2D eigenvalue weighted by Gasteiger charge is -2.24. The zero-order valence-corrected chi connectivity index (χ0v) is 18.4. The molecular weight excluding hydrogens is 396 g/mol. The summed E-state index contributed by atoms with van der Waals surface area (Å²) in [5.41, 5.74) is 5.16. The number of fused-ring (bicyclic) bond motifs is 2. The van der Waals surface area contributed by atoms with Gasteiger partial charge in [-0.3, -0.25) is 9.47 Å². The molecule has 0 radical (unpaired) electrons. The molecule has 2 aliphatic rings. The highest BCUT2D eigenvalue weighted by Gasteiger charge is 2.40. The molecule has 0 saturated carbocycles. The highest BCUT2D eigenvalue weighted by Crippen LogP contribution is 2.32. The number of nitrogens with zero attached hydrogens (tertiary/aromatic N) is 5. The van der Waals surface area contributed by atoms with Gasteiger partial charge >= 0.3 is 0 Å². The molecule has 164 valence electrons. The fourth-order valence-corrected chi connectivity index (χ4v) is 5.66. The Morgan fingerprint density at radius 1 is 0.938 bits per heavy atom. The minimum absolute atomic E-state index is 0.726. The van der Waals surface area contributed by atoms with E-state index in [1.54, 1.807) is 12.7 Å². The Bertz CT molecular complexity index is 1170. The summed E-state index contributed by atoms with van der Waals surface area (Å²) in [7, 11) is 0. The molecule has 0 aliphatic carbocycles. The van der Waals surface area contributed by atoms with Gasteiger partial charge in [0.1, 0.15) is 12.7 Å². The first-order chi connectivity index (χ1) is 15.8. The maximum atomic E-state index is 3.94. The first-order valence-corrected chi connectivity index (χ1v) is 11.8. The smallest absolute Gasteiger partial charge is 0.123 e. The Balaban J connectivity index is 1.09. The van der Waals surface area contributed by atoms with E-state index >= 15 is 0 Å². The van der Waals surface area contributed by atoms with Crippen molar-refractivity contribution in [3.63, 3.8) is 0 Å². The fraction of sp³-hybridized carbons (Fsp3) is 0.385. The number of hydrogen-bond donors (Lipinski definition) is 1. The summed E-state index contributed by atoms with van der Waals surface area (Å²) >= 11 is 0. The lowest BCUT2D eigenvalue weighted by Crippen LogP contribution is -2.36. The van der Waals surface area contributed by atoms with Crippen LogP contribution < -0.4 is 0 Å². The number of benzene rings is 2. The second-order valence-corrected chi connectivity index (χ2v) is 9.31. The van der Waals surface area contributed by atoms with E-state index in [4.69, 9.17) is 0 Å². The normalized spacial score (nSPS) is 21.5. The van der Waals surface area contributed by atoms with E-state index in [0.29, 0.717) is 0 Å². The van der Waals surface area contributed by atoms with E-state index in [9.17, 15) is 0 Å². The van der Waals surface area contributed by atoms with Crippen LogP contribution in [-0.2, 0) is 12.8 Å². The van der Waals surface area contributed by atoms with Crippen LogP contribution in [0.1, 0.15) is 17.5 Å². The Morgan fingerprint density at radius 3 is 2.69 bits per heavy atom. The standard InChI is InChI=1S/C26H30N6/c1-2-4-20(5-3-1)8-11-30-16-22-10-13-31(26(22)17-30)12-9-21-15-27-25-7-6-23(14-24(21)25)32-18-28-29-19-32/h1-7,14-15,18-19,22,26-27H,8-13,16-17H2. The van der Waals surface area contributed by atoms with Gasteiger partial charge in [0, 0.05) is 55.0 Å². The van der Waals surface area contributed by atoms with Crippen LogP contribution in [0.3, 0.4) is 0 Å². The van der Waals surface area contributed by atoms with Crippen LogP contribution in [0.5, 0.6) is 0 Å². The van der Waals surface area contributed by atoms with Crippen molar-refractivity contribution in [3.05, 3.63) is 78.5 Å².